The van der Waals surface area contributed by atoms with Crippen molar-refractivity contribution >= 4 is 23.2 Å². The number of benzene rings is 1. The lowest BCUT2D eigenvalue weighted by Gasteiger charge is -2.13. The minimum Gasteiger partial charge on any atom is -0.461 e. The molecule has 2 heterocycles. The molecule has 1 N–H and O–H groups in total. The number of rotatable bonds is 4. The van der Waals surface area contributed by atoms with Gasteiger partial charge in [0, 0.05) is 16.8 Å². The summed E-state index contributed by atoms with van der Waals surface area (Å²) < 4.78 is 10.6. The van der Waals surface area contributed by atoms with E-state index >= 15 is 0 Å². The van der Waals surface area contributed by atoms with Gasteiger partial charge in [0.05, 0.1) is 17.4 Å². The van der Waals surface area contributed by atoms with Gasteiger partial charge in [-0.2, -0.15) is 0 Å². The summed E-state index contributed by atoms with van der Waals surface area (Å²) in [6.45, 7) is 1.92. The highest BCUT2D eigenvalue weighted by Crippen LogP contribution is 2.49. The smallest absolute Gasteiger partial charge is 0.236 e. The van der Waals surface area contributed by atoms with E-state index in [1.165, 1.54) is 0 Å². The Kier molecular flexibility index (Phi) is 3.46. The van der Waals surface area contributed by atoms with Gasteiger partial charge in [-0.05, 0) is 49.6 Å². The maximum absolute atomic E-state index is 12.7. The zero-order chi connectivity index (χ0) is 16.7. The van der Waals surface area contributed by atoms with Gasteiger partial charge < -0.3 is 14.3 Å². The fourth-order valence-corrected chi connectivity index (χ4v) is 2.86. The van der Waals surface area contributed by atoms with Crippen molar-refractivity contribution < 1.29 is 13.7 Å². The van der Waals surface area contributed by atoms with Crippen LogP contribution in [0.3, 0.4) is 0 Å². The van der Waals surface area contributed by atoms with Crippen molar-refractivity contribution in [2.24, 2.45) is 0 Å². The average Bonchev–Trinajstić information content (AvgIpc) is 3.00. The molecule has 1 saturated carbocycles. The van der Waals surface area contributed by atoms with Crippen LogP contribution >= 0.6 is 11.6 Å². The van der Waals surface area contributed by atoms with Gasteiger partial charge >= 0.3 is 0 Å². The van der Waals surface area contributed by atoms with E-state index in [1.807, 2.05) is 19.1 Å². The van der Waals surface area contributed by atoms with Gasteiger partial charge in [-0.15, -0.1) is 0 Å². The quantitative estimate of drug-likeness (QED) is 0.754. The predicted molar refractivity (Wildman–Crippen MR) is 89.9 cm³/mol. The second-order valence-corrected chi connectivity index (χ2v) is 6.46. The van der Waals surface area contributed by atoms with Crippen LogP contribution in [-0.2, 0) is 10.2 Å². The number of anilines is 1. The minimum atomic E-state index is -0.633. The summed E-state index contributed by atoms with van der Waals surface area (Å²) in [7, 11) is 0. The molecule has 122 valence electrons. The maximum Gasteiger partial charge on any atom is 0.236 e. The number of aromatic nitrogens is 1. The number of carbonyl (C=O) groups excluding carboxylic acids is 1. The molecular weight excluding hydrogens is 328 g/mol. The van der Waals surface area contributed by atoms with Crippen molar-refractivity contribution in [1.29, 1.82) is 0 Å². The highest BCUT2D eigenvalue weighted by atomic mass is 35.5. The topological polar surface area (TPSA) is 68.3 Å². The van der Waals surface area contributed by atoms with Crippen molar-refractivity contribution in [1.82, 2.24) is 5.16 Å². The lowest BCUT2D eigenvalue weighted by atomic mass is 10.0. The van der Waals surface area contributed by atoms with Crippen LogP contribution in [0, 0.1) is 6.92 Å². The fraction of sp³-hybridized carbons (Fsp3) is 0.222. The van der Waals surface area contributed by atoms with Crippen LogP contribution in [0.4, 0.5) is 5.69 Å². The summed E-state index contributed by atoms with van der Waals surface area (Å²) in [6.07, 6.45) is 3.05. The molecule has 0 radical (unpaired) electrons. The summed E-state index contributed by atoms with van der Waals surface area (Å²) in [4.78, 5) is 12.7. The van der Waals surface area contributed by atoms with E-state index in [0.29, 0.717) is 27.9 Å². The first kappa shape index (κ1) is 15.0. The average molecular weight is 343 g/mol. The molecule has 4 rings (SSSR count). The summed E-state index contributed by atoms with van der Waals surface area (Å²) in [6, 6.07) is 10.8. The molecule has 3 aromatic rings. The van der Waals surface area contributed by atoms with Gasteiger partial charge in [0.25, 0.3) is 0 Å². The summed E-state index contributed by atoms with van der Waals surface area (Å²) >= 11 is 6.12. The molecular formula is C18H15ClN2O3. The third kappa shape index (κ3) is 2.51. The first-order chi connectivity index (χ1) is 11.6. The fourth-order valence-electron chi connectivity index (χ4n) is 2.68. The number of hydrogen-bond donors (Lipinski definition) is 1. The van der Waals surface area contributed by atoms with E-state index in [9.17, 15) is 4.79 Å². The van der Waals surface area contributed by atoms with E-state index in [-0.39, 0.29) is 5.91 Å². The van der Waals surface area contributed by atoms with Crippen LogP contribution in [0.1, 0.15) is 24.1 Å². The largest absolute Gasteiger partial charge is 0.461 e. The highest BCUT2D eigenvalue weighted by Gasteiger charge is 2.54. The van der Waals surface area contributed by atoms with Crippen molar-refractivity contribution in [2.45, 2.75) is 25.2 Å². The Bertz CT molecular complexity index is 895. The van der Waals surface area contributed by atoms with Crippen molar-refractivity contribution in [2.75, 3.05) is 5.32 Å². The molecule has 5 nitrogen and oxygen atoms in total. The number of hydrogen-bond acceptors (Lipinski definition) is 4. The number of halogens is 1. The Balaban J connectivity index is 1.56. The van der Waals surface area contributed by atoms with E-state index in [1.54, 1.807) is 30.5 Å². The highest BCUT2D eigenvalue weighted by molar-refractivity contribution is 6.31. The molecule has 1 aromatic carbocycles. The summed E-state index contributed by atoms with van der Waals surface area (Å²) in [5.74, 6) is 1.02. The van der Waals surface area contributed by atoms with Crippen LogP contribution in [0.2, 0.25) is 5.02 Å². The molecule has 0 bridgehead atoms. The van der Waals surface area contributed by atoms with E-state index in [0.717, 1.165) is 18.4 Å². The van der Waals surface area contributed by atoms with Crippen LogP contribution in [-0.4, -0.2) is 11.1 Å². The van der Waals surface area contributed by atoms with Gasteiger partial charge in [-0.25, -0.2) is 0 Å². The molecule has 1 amide bonds. The van der Waals surface area contributed by atoms with Gasteiger partial charge in [0.15, 0.2) is 5.76 Å². The molecule has 1 aliphatic rings. The molecule has 24 heavy (non-hydrogen) atoms. The van der Waals surface area contributed by atoms with E-state index < -0.39 is 5.41 Å². The normalized spacial score (nSPS) is 15.2. The molecule has 6 heteroatoms. The first-order valence-corrected chi connectivity index (χ1v) is 8.05. The van der Waals surface area contributed by atoms with Gasteiger partial charge in [0.2, 0.25) is 11.7 Å². The van der Waals surface area contributed by atoms with Gasteiger partial charge in [-0.3, -0.25) is 4.79 Å². The number of nitrogens with one attached hydrogen (secondary N) is 1. The Morgan fingerprint density at radius 2 is 2.08 bits per heavy atom. The lowest BCUT2D eigenvalue weighted by Crippen LogP contribution is -2.28. The van der Waals surface area contributed by atoms with Crippen LogP contribution in [0.25, 0.3) is 11.5 Å². The number of aryl methyl sites for hydroxylation is 1. The standard InChI is InChI=1S/C18H15ClN2O3/c1-11-4-5-12(9-13(11)19)20-17(22)18(6-7-18)16-10-15(24-21-16)14-3-2-8-23-14/h2-5,8-10H,6-7H2,1H3,(H,20,22). The lowest BCUT2D eigenvalue weighted by molar-refractivity contribution is -0.118. The summed E-state index contributed by atoms with van der Waals surface area (Å²) in [5, 5.41) is 7.63. The predicted octanol–water partition coefficient (Wildman–Crippen LogP) is 4.57. The number of furan rings is 1. The Labute approximate surface area is 143 Å². The van der Waals surface area contributed by atoms with E-state index in [2.05, 4.69) is 10.5 Å². The van der Waals surface area contributed by atoms with Crippen LogP contribution in [0.5, 0.6) is 0 Å². The monoisotopic (exact) mass is 342 g/mol. The molecule has 0 spiro atoms. The second-order valence-electron chi connectivity index (χ2n) is 6.05. The Hall–Kier alpha value is -2.53. The van der Waals surface area contributed by atoms with Crippen LogP contribution in [0.15, 0.2) is 51.6 Å². The molecule has 1 fully saturated rings. The van der Waals surface area contributed by atoms with Crippen LogP contribution < -0.4 is 5.32 Å². The summed E-state index contributed by atoms with van der Waals surface area (Å²) in [5.41, 5.74) is 1.64. The number of carbonyl (C=O) groups is 1. The number of amides is 1. The number of nitrogens with zero attached hydrogens (tertiary/aromatic N) is 1. The van der Waals surface area contributed by atoms with Gasteiger partial charge in [0.1, 0.15) is 0 Å². The minimum absolute atomic E-state index is 0.0956. The zero-order valence-corrected chi connectivity index (χ0v) is 13.8. The Morgan fingerprint density at radius 3 is 2.75 bits per heavy atom. The molecule has 0 saturated heterocycles. The third-order valence-electron chi connectivity index (χ3n) is 4.38. The zero-order valence-electron chi connectivity index (χ0n) is 13.0. The van der Waals surface area contributed by atoms with Crippen molar-refractivity contribution in [3.8, 4) is 11.5 Å². The molecule has 0 unspecified atom stereocenters. The van der Waals surface area contributed by atoms with Gasteiger partial charge in [-0.1, -0.05) is 22.8 Å². The third-order valence-corrected chi connectivity index (χ3v) is 4.79. The maximum atomic E-state index is 12.7. The SMILES string of the molecule is Cc1ccc(NC(=O)C2(c3cc(-c4ccco4)on3)CC2)cc1Cl. The first-order valence-electron chi connectivity index (χ1n) is 7.67. The van der Waals surface area contributed by atoms with Crippen molar-refractivity contribution in [3.05, 3.63) is 58.9 Å². The molecule has 1 aliphatic carbocycles. The molecule has 2 aromatic heterocycles. The Morgan fingerprint density at radius 1 is 1.25 bits per heavy atom. The molecule has 0 aliphatic heterocycles. The second kappa shape index (κ2) is 5.53. The molecule has 0 atom stereocenters. The van der Waals surface area contributed by atoms with Crippen molar-refractivity contribution in [3.63, 3.8) is 0 Å². The van der Waals surface area contributed by atoms with E-state index in [4.69, 9.17) is 20.5 Å².